The van der Waals surface area contributed by atoms with E-state index < -0.39 is 0 Å². The molecule has 1 heterocycles. The molecule has 0 spiro atoms. The molecule has 132 valence electrons. The van der Waals surface area contributed by atoms with Crippen LogP contribution < -0.4 is 4.74 Å². The van der Waals surface area contributed by atoms with E-state index in [2.05, 4.69) is 31.2 Å². The molecule has 0 saturated carbocycles. The lowest BCUT2D eigenvalue weighted by molar-refractivity contribution is 0.0763. The minimum absolute atomic E-state index is 0.00890. The van der Waals surface area contributed by atoms with Crippen molar-refractivity contribution in [3.8, 4) is 5.75 Å². The Morgan fingerprint density at radius 3 is 2.80 bits per heavy atom. The molecule has 5 heteroatoms. The van der Waals surface area contributed by atoms with Gasteiger partial charge in [0.25, 0.3) is 5.91 Å². The molecule has 1 aliphatic rings. The van der Waals surface area contributed by atoms with Gasteiger partial charge in [-0.15, -0.1) is 0 Å². The minimum atomic E-state index is -0.00890. The van der Waals surface area contributed by atoms with Crippen molar-refractivity contribution in [2.24, 2.45) is 0 Å². The smallest absolute Gasteiger partial charge is 0.257 e. The Labute approximate surface area is 158 Å². The highest BCUT2D eigenvalue weighted by Gasteiger charge is 2.25. The number of halogens is 1. The fraction of sp³-hybridized carbons (Fsp3) is 0.350. The van der Waals surface area contributed by atoms with E-state index in [0.29, 0.717) is 21.6 Å². The van der Waals surface area contributed by atoms with Gasteiger partial charge in [0.1, 0.15) is 5.75 Å². The third kappa shape index (κ3) is 4.13. The van der Waals surface area contributed by atoms with Crippen LogP contribution >= 0.6 is 23.4 Å². The van der Waals surface area contributed by atoms with Gasteiger partial charge in [0.15, 0.2) is 0 Å². The number of thioether (sulfide) groups is 1. The summed E-state index contributed by atoms with van der Waals surface area (Å²) >= 11 is 8.01. The zero-order valence-electron chi connectivity index (χ0n) is 14.5. The molecule has 2 aromatic carbocycles. The molecule has 1 fully saturated rings. The Morgan fingerprint density at radius 1 is 1.24 bits per heavy atom. The van der Waals surface area contributed by atoms with Crippen LogP contribution in [-0.4, -0.2) is 36.8 Å². The average molecular weight is 376 g/mol. The Hall–Kier alpha value is -1.65. The van der Waals surface area contributed by atoms with E-state index in [1.165, 1.54) is 11.1 Å². The zero-order chi connectivity index (χ0) is 17.8. The number of aryl methyl sites for hydroxylation is 1. The van der Waals surface area contributed by atoms with Crippen molar-refractivity contribution in [3.63, 3.8) is 0 Å². The van der Waals surface area contributed by atoms with Gasteiger partial charge in [-0.3, -0.25) is 4.79 Å². The first-order chi connectivity index (χ1) is 12.1. The molecular formula is C20H22ClNO2S. The molecule has 0 aliphatic carbocycles. The first-order valence-electron chi connectivity index (χ1n) is 8.40. The van der Waals surface area contributed by atoms with Crippen LogP contribution in [-0.2, 0) is 0 Å². The summed E-state index contributed by atoms with van der Waals surface area (Å²) in [6, 6.07) is 13.7. The van der Waals surface area contributed by atoms with Crippen LogP contribution in [0.15, 0.2) is 42.5 Å². The Bertz CT molecular complexity index is 765. The standard InChI is InChI=1S/C20H22ClNO2S/c1-14-5-3-4-6-16(14)19-9-10-22(11-12-25-19)20(23)17-13-15(21)7-8-18(17)24-2/h3-8,13,19H,9-12H2,1-2H3/t19-/m0/s1. The quantitative estimate of drug-likeness (QED) is 0.757. The molecule has 1 saturated heterocycles. The van der Waals surface area contributed by atoms with Gasteiger partial charge in [0.2, 0.25) is 0 Å². The van der Waals surface area contributed by atoms with E-state index in [9.17, 15) is 4.79 Å². The lowest BCUT2D eigenvalue weighted by Gasteiger charge is -2.22. The molecule has 0 unspecified atom stereocenters. The molecule has 0 N–H and O–H groups in total. The highest BCUT2D eigenvalue weighted by Crippen LogP contribution is 2.36. The maximum atomic E-state index is 13.0. The SMILES string of the molecule is COc1ccc(Cl)cc1C(=O)N1CCS[C@H](c2ccccc2C)CC1. The Morgan fingerprint density at radius 2 is 2.04 bits per heavy atom. The van der Waals surface area contributed by atoms with Crippen molar-refractivity contribution < 1.29 is 9.53 Å². The summed E-state index contributed by atoms with van der Waals surface area (Å²) in [5.74, 6) is 1.49. The van der Waals surface area contributed by atoms with Gasteiger partial charge in [0.05, 0.1) is 12.7 Å². The molecule has 1 amide bonds. The molecule has 0 bridgehead atoms. The molecule has 25 heavy (non-hydrogen) atoms. The number of ether oxygens (including phenoxy) is 1. The third-order valence-corrected chi connectivity index (χ3v) is 6.10. The molecular weight excluding hydrogens is 354 g/mol. The lowest BCUT2D eigenvalue weighted by atomic mass is 10.0. The molecule has 3 nitrogen and oxygen atoms in total. The minimum Gasteiger partial charge on any atom is -0.496 e. The van der Waals surface area contributed by atoms with E-state index in [4.69, 9.17) is 16.3 Å². The van der Waals surface area contributed by atoms with Gasteiger partial charge in [-0.05, 0) is 42.7 Å². The predicted molar refractivity (Wildman–Crippen MR) is 105 cm³/mol. The highest BCUT2D eigenvalue weighted by atomic mass is 35.5. The summed E-state index contributed by atoms with van der Waals surface area (Å²) in [6.07, 6.45) is 0.949. The summed E-state index contributed by atoms with van der Waals surface area (Å²) in [5.41, 5.74) is 3.23. The molecule has 1 atom stereocenters. The van der Waals surface area contributed by atoms with Gasteiger partial charge in [0, 0.05) is 29.1 Å². The number of rotatable bonds is 3. The van der Waals surface area contributed by atoms with Crippen LogP contribution in [0.2, 0.25) is 5.02 Å². The number of carbonyl (C=O) groups excluding carboxylic acids is 1. The number of amides is 1. The summed E-state index contributed by atoms with van der Waals surface area (Å²) in [4.78, 5) is 14.9. The van der Waals surface area contributed by atoms with Crippen LogP contribution in [0.4, 0.5) is 0 Å². The lowest BCUT2D eigenvalue weighted by Crippen LogP contribution is -2.33. The summed E-state index contributed by atoms with van der Waals surface area (Å²) < 4.78 is 5.34. The molecule has 3 rings (SSSR count). The first-order valence-corrected chi connectivity index (χ1v) is 9.82. The Balaban J connectivity index is 1.76. The van der Waals surface area contributed by atoms with Crippen LogP contribution in [0.3, 0.4) is 0 Å². The predicted octanol–water partition coefficient (Wildman–Crippen LogP) is 4.98. The normalized spacial score (nSPS) is 17.9. The van der Waals surface area contributed by atoms with Gasteiger partial charge >= 0.3 is 0 Å². The first kappa shape index (κ1) is 18.2. The number of nitrogens with zero attached hydrogens (tertiary/aromatic N) is 1. The van der Waals surface area contributed by atoms with Crippen LogP contribution in [0.25, 0.3) is 0 Å². The highest BCUT2D eigenvalue weighted by molar-refractivity contribution is 7.99. The van der Waals surface area contributed by atoms with Crippen molar-refractivity contribution >= 4 is 29.3 Å². The second-order valence-corrected chi connectivity index (χ2v) is 7.89. The maximum Gasteiger partial charge on any atom is 0.257 e. The van der Waals surface area contributed by atoms with E-state index >= 15 is 0 Å². The van der Waals surface area contributed by atoms with Gasteiger partial charge < -0.3 is 9.64 Å². The van der Waals surface area contributed by atoms with Gasteiger partial charge in [-0.1, -0.05) is 35.9 Å². The van der Waals surface area contributed by atoms with Crippen LogP contribution in [0.1, 0.15) is 33.2 Å². The van der Waals surface area contributed by atoms with E-state index in [-0.39, 0.29) is 5.91 Å². The van der Waals surface area contributed by atoms with E-state index in [0.717, 1.165) is 25.3 Å². The number of carbonyl (C=O) groups is 1. The third-order valence-electron chi connectivity index (χ3n) is 4.56. The molecule has 0 aromatic heterocycles. The van der Waals surface area contributed by atoms with Crippen LogP contribution in [0.5, 0.6) is 5.75 Å². The van der Waals surface area contributed by atoms with Crippen LogP contribution in [0, 0.1) is 6.92 Å². The molecule has 1 aliphatic heterocycles. The van der Waals surface area contributed by atoms with Crippen molar-refractivity contribution in [1.29, 1.82) is 0 Å². The second kappa shape index (κ2) is 8.15. The van der Waals surface area contributed by atoms with Crippen molar-refractivity contribution in [1.82, 2.24) is 4.90 Å². The summed E-state index contributed by atoms with van der Waals surface area (Å²) in [5, 5.41) is 0.978. The zero-order valence-corrected chi connectivity index (χ0v) is 16.1. The van der Waals surface area contributed by atoms with E-state index in [1.54, 1.807) is 25.3 Å². The number of methoxy groups -OCH3 is 1. The molecule has 0 radical (unpaired) electrons. The monoisotopic (exact) mass is 375 g/mol. The maximum absolute atomic E-state index is 13.0. The van der Waals surface area contributed by atoms with E-state index in [1.807, 2.05) is 16.7 Å². The number of benzene rings is 2. The summed E-state index contributed by atoms with van der Waals surface area (Å²) in [7, 11) is 1.58. The average Bonchev–Trinajstić information content (AvgIpc) is 2.87. The second-order valence-electron chi connectivity index (χ2n) is 6.14. The largest absolute Gasteiger partial charge is 0.496 e. The Kier molecular flexibility index (Phi) is 5.92. The van der Waals surface area contributed by atoms with Gasteiger partial charge in [-0.25, -0.2) is 0 Å². The van der Waals surface area contributed by atoms with Crippen molar-refractivity contribution in [2.75, 3.05) is 26.0 Å². The molecule has 2 aromatic rings. The number of hydrogen-bond donors (Lipinski definition) is 0. The topological polar surface area (TPSA) is 29.5 Å². The van der Waals surface area contributed by atoms with Crippen molar-refractivity contribution in [2.45, 2.75) is 18.6 Å². The fourth-order valence-corrected chi connectivity index (χ4v) is 4.69. The fourth-order valence-electron chi connectivity index (χ4n) is 3.19. The number of hydrogen-bond acceptors (Lipinski definition) is 3. The van der Waals surface area contributed by atoms with Crippen molar-refractivity contribution in [3.05, 3.63) is 64.2 Å². The summed E-state index contributed by atoms with van der Waals surface area (Å²) in [6.45, 7) is 3.63. The van der Waals surface area contributed by atoms with Gasteiger partial charge in [-0.2, -0.15) is 11.8 Å².